The average molecular weight is 336 g/mol. The summed E-state index contributed by atoms with van der Waals surface area (Å²) in [5, 5.41) is -0.437. The summed E-state index contributed by atoms with van der Waals surface area (Å²) in [6.07, 6.45) is 1.17. The third-order valence-electron chi connectivity index (χ3n) is 2.32. The van der Waals surface area contributed by atoms with Crippen molar-refractivity contribution in [3.8, 4) is 0 Å². The Kier molecular flexibility index (Phi) is 4.12. The van der Waals surface area contributed by atoms with Crippen LogP contribution in [0.4, 0.5) is 10.2 Å². The molecule has 0 aliphatic carbocycles. The summed E-state index contributed by atoms with van der Waals surface area (Å²) >= 11 is 11.6. The first-order valence-corrected chi connectivity index (χ1v) is 7.51. The Bertz CT molecular complexity index is 768. The van der Waals surface area contributed by atoms with Gasteiger partial charge in [-0.1, -0.05) is 23.2 Å². The van der Waals surface area contributed by atoms with Gasteiger partial charge in [0.15, 0.2) is 11.6 Å². The van der Waals surface area contributed by atoms with Gasteiger partial charge in [-0.2, -0.15) is 8.42 Å². The van der Waals surface area contributed by atoms with Gasteiger partial charge in [0.25, 0.3) is 10.0 Å². The fourth-order valence-electron chi connectivity index (χ4n) is 1.37. The molecule has 1 N–H and O–H groups in total. The van der Waals surface area contributed by atoms with E-state index in [-0.39, 0.29) is 10.8 Å². The highest BCUT2D eigenvalue weighted by Gasteiger charge is 2.22. The summed E-state index contributed by atoms with van der Waals surface area (Å²) < 4.78 is 39.6. The number of sulfonamides is 1. The second-order valence-corrected chi connectivity index (χ2v) is 6.19. The maximum absolute atomic E-state index is 13.5. The molecular weight excluding hydrogens is 328 g/mol. The number of hydrogen-bond acceptors (Lipinski definition) is 4. The molecule has 2 aromatic heterocycles. The lowest BCUT2D eigenvalue weighted by atomic mass is 10.4. The van der Waals surface area contributed by atoms with Gasteiger partial charge in [-0.15, -0.1) is 0 Å². The molecule has 5 nitrogen and oxygen atoms in total. The molecule has 2 rings (SSSR count). The van der Waals surface area contributed by atoms with Gasteiger partial charge < -0.3 is 0 Å². The van der Waals surface area contributed by atoms with Crippen LogP contribution in [0.15, 0.2) is 29.4 Å². The van der Waals surface area contributed by atoms with Gasteiger partial charge in [-0.25, -0.2) is 14.4 Å². The minimum Gasteiger partial charge on any atom is -0.261 e. The minimum absolute atomic E-state index is 0.000476. The van der Waals surface area contributed by atoms with Gasteiger partial charge in [0.05, 0.1) is 15.7 Å². The van der Waals surface area contributed by atoms with Crippen molar-refractivity contribution in [2.45, 2.75) is 11.9 Å². The van der Waals surface area contributed by atoms with Gasteiger partial charge in [-0.05, 0) is 25.1 Å². The van der Waals surface area contributed by atoms with E-state index in [9.17, 15) is 12.8 Å². The second-order valence-electron chi connectivity index (χ2n) is 3.78. The molecule has 9 heteroatoms. The van der Waals surface area contributed by atoms with E-state index in [4.69, 9.17) is 23.2 Å². The van der Waals surface area contributed by atoms with Crippen LogP contribution in [-0.2, 0) is 10.0 Å². The third-order valence-corrected chi connectivity index (χ3v) is 4.26. The van der Waals surface area contributed by atoms with Crippen LogP contribution in [0, 0.1) is 12.7 Å². The molecule has 0 fully saturated rings. The summed E-state index contributed by atoms with van der Waals surface area (Å²) in [6.45, 7) is 1.58. The fraction of sp³-hybridized carbons (Fsp3) is 0.0909. The van der Waals surface area contributed by atoms with Crippen LogP contribution in [0.1, 0.15) is 5.69 Å². The lowest BCUT2D eigenvalue weighted by Crippen LogP contribution is -2.17. The van der Waals surface area contributed by atoms with Crippen molar-refractivity contribution < 1.29 is 12.8 Å². The van der Waals surface area contributed by atoms with Crippen molar-refractivity contribution in [1.82, 2.24) is 9.97 Å². The van der Waals surface area contributed by atoms with Crippen LogP contribution in [-0.4, -0.2) is 18.4 Å². The molecule has 20 heavy (non-hydrogen) atoms. The van der Waals surface area contributed by atoms with Crippen molar-refractivity contribution in [2.75, 3.05) is 4.72 Å². The Morgan fingerprint density at radius 3 is 2.65 bits per heavy atom. The van der Waals surface area contributed by atoms with Gasteiger partial charge in [-0.3, -0.25) is 4.72 Å². The number of rotatable bonds is 3. The normalized spacial score (nSPS) is 11.4. The van der Waals surface area contributed by atoms with Crippen molar-refractivity contribution in [1.29, 1.82) is 0 Å². The third kappa shape index (κ3) is 3.00. The van der Waals surface area contributed by atoms with Crippen molar-refractivity contribution in [3.05, 3.63) is 46.0 Å². The number of halogens is 3. The number of anilines is 1. The van der Waals surface area contributed by atoms with Crippen molar-refractivity contribution in [2.24, 2.45) is 0 Å². The number of hydrogen-bond donors (Lipinski definition) is 1. The standard InChI is InChI=1S/C11H8Cl2FN3O2S/c1-6-7(12)5-8(13)10(16-6)17-20(18,19)11-9(14)3-2-4-15-11/h2-5H,1H3,(H,16,17). The van der Waals surface area contributed by atoms with Crippen LogP contribution >= 0.6 is 23.2 Å². The molecule has 0 saturated heterocycles. The van der Waals surface area contributed by atoms with Crippen molar-refractivity contribution in [3.63, 3.8) is 0 Å². The second kappa shape index (κ2) is 5.51. The average Bonchev–Trinajstić information content (AvgIpc) is 2.36. The Hall–Kier alpha value is -1.44. The molecule has 0 radical (unpaired) electrons. The summed E-state index contributed by atoms with van der Waals surface area (Å²) in [4.78, 5) is 7.40. The number of pyridine rings is 2. The first kappa shape index (κ1) is 15.0. The SMILES string of the molecule is Cc1nc(NS(=O)(=O)c2ncccc2F)c(Cl)cc1Cl. The highest BCUT2D eigenvalue weighted by molar-refractivity contribution is 7.92. The smallest absolute Gasteiger partial charge is 0.261 e. The monoisotopic (exact) mass is 335 g/mol. The molecule has 0 aliphatic rings. The number of nitrogens with zero attached hydrogens (tertiary/aromatic N) is 2. The zero-order valence-corrected chi connectivity index (χ0v) is 12.4. The quantitative estimate of drug-likeness (QED) is 0.935. The van der Waals surface area contributed by atoms with E-state index in [2.05, 4.69) is 14.7 Å². The zero-order valence-electron chi connectivity index (χ0n) is 10.1. The topological polar surface area (TPSA) is 72.0 Å². The number of aromatic nitrogens is 2. The van der Waals surface area contributed by atoms with Crippen LogP contribution in [0.3, 0.4) is 0 Å². The van der Waals surface area contributed by atoms with Gasteiger partial charge in [0.1, 0.15) is 0 Å². The molecule has 0 aliphatic heterocycles. The fourth-order valence-corrected chi connectivity index (χ4v) is 2.87. The zero-order chi connectivity index (χ0) is 14.9. The maximum atomic E-state index is 13.5. The molecule has 2 aromatic rings. The first-order valence-electron chi connectivity index (χ1n) is 5.27. The Morgan fingerprint density at radius 1 is 1.30 bits per heavy atom. The summed E-state index contributed by atoms with van der Waals surface area (Å²) in [5.74, 6) is -1.11. The molecule has 0 spiro atoms. The molecule has 0 saturated carbocycles. The van der Waals surface area contributed by atoms with Crippen molar-refractivity contribution >= 4 is 39.0 Å². The molecule has 0 bridgehead atoms. The largest absolute Gasteiger partial charge is 0.283 e. The van der Waals surface area contributed by atoms with E-state index in [0.29, 0.717) is 10.7 Å². The lowest BCUT2D eigenvalue weighted by Gasteiger charge is -2.10. The number of aryl methyl sites for hydroxylation is 1. The Morgan fingerprint density at radius 2 is 2.00 bits per heavy atom. The molecular formula is C11H8Cl2FN3O2S. The van der Waals surface area contributed by atoms with Crippen LogP contribution in [0.2, 0.25) is 10.0 Å². The van der Waals surface area contributed by atoms with Gasteiger partial charge in [0.2, 0.25) is 5.03 Å². The molecule has 0 unspecified atom stereocenters. The Balaban J connectivity index is 2.44. The molecule has 0 aromatic carbocycles. The van der Waals surface area contributed by atoms with Gasteiger partial charge >= 0.3 is 0 Å². The van der Waals surface area contributed by atoms with Crippen LogP contribution in [0.25, 0.3) is 0 Å². The summed E-state index contributed by atoms with van der Waals surface area (Å²) in [7, 11) is -4.22. The van der Waals surface area contributed by atoms with E-state index in [1.54, 1.807) is 6.92 Å². The highest BCUT2D eigenvalue weighted by atomic mass is 35.5. The number of nitrogens with one attached hydrogen (secondary N) is 1. The van der Waals surface area contributed by atoms with Gasteiger partial charge in [0, 0.05) is 6.20 Å². The predicted molar refractivity (Wildman–Crippen MR) is 74.0 cm³/mol. The summed E-state index contributed by atoms with van der Waals surface area (Å²) in [6, 6.07) is 3.62. The van der Waals surface area contributed by atoms with Crippen LogP contribution < -0.4 is 4.72 Å². The summed E-state index contributed by atoms with van der Waals surface area (Å²) in [5.41, 5.74) is 0.384. The Labute approximate surface area is 124 Å². The first-order chi connectivity index (χ1) is 9.31. The molecule has 0 amide bonds. The highest BCUT2D eigenvalue weighted by Crippen LogP contribution is 2.27. The van der Waals surface area contributed by atoms with E-state index in [1.807, 2.05) is 0 Å². The predicted octanol–water partition coefficient (Wildman–Crippen LogP) is 3.03. The van der Waals surface area contributed by atoms with Crippen LogP contribution in [0.5, 0.6) is 0 Å². The molecule has 0 atom stereocenters. The van der Waals surface area contributed by atoms with E-state index < -0.39 is 20.9 Å². The van der Waals surface area contributed by atoms with E-state index in [0.717, 1.165) is 6.07 Å². The molecule has 2 heterocycles. The molecule has 106 valence electrons. The maximum Gasteiger partial charge on any atom is 0.283 e. The lowest BCUT2D eigenvalue weighted by molar-refractivity contribution is 0.556. The van der Waals surface area contributed by atoms with E-state index >= 15 is 0 Å². The van der Waals surface area contributed by atoms with E-state index in [1.165, 1.54) is 18.3 Å². The minimum atomic E-state index is -4.22.